The first-order valence-electron chi connectivity index (χ1n) is 9.28. The van der Waals surface area contributed by atoms with Gasteiger partial charge in [-0.05, 0) is 31.9 Å². The van der Waals surface area contributed by atoms with E-state index in [9.17, 15) is 5.11 Å². The average Bonchev–Trinajstić information content (AvgIpc) is 3.08. The second-order valence-electron chi connectivity index (χ2n) is 6.55. The molecule has 0 saturated carbocycles. The van der Waals surface area contributed by atoms with Crippen LogP contribution in [0, 0.1) is 0 Å². The number of rotatable bonds is 8. The minimum atomic E-state index is -0.508. The molecule has 0 spiro atoms. The van der Waals surface area contributed by atoms with Gasteiger partial charge in [0, 0.05) is 18.8 Å². The molecule has 27 heavy (non-hydrogen) atoms. The zero-order chi connectivity index (χ0) is 19.4. The molecule has 0 amide bonds. The second-order valence-corrected chi connectivity index (χ2v) is 6.55. The highest BCUT2D eigenvalue weighted by atomic mass is 16.3. The number of aromatic nitrogens is 4. The van der Waals surface area contributed by atoms with Crippen LogP contribution in [0.3, 0.4) is 0 Å². The third kappa shape index (κ3) is 4.11. The first kappa shape index (κ1) is 18.9. The fraction of sp³-hybridized carbons (Fsp3) is 0.421. The van der Waals surface area contributed by atoms with Gasteiger partial charge in [0.15, 0.2) is 17.0 Å². The molecule has 5 N–H and O–H groups in total. The number of fused-ring (bicyclic) bond motifs is 1. The minimum Gasteiger partial charge on any atom is -0.398 e. The lowest BCUT2D eigenvalue weighted by molar-refractivity contribution is 0.169. The zero-order valence-corrected chi connectivity index (χ0v) is 16.0. The summed E-state index contributed by atoms with van der Waals surface area (Å²) in [6.45, 7) is 7.10. The maximum atomic E-state index is 9.93. The molecule has 2 aromatic heterocycles. The van der Waals surface area contributed by atoms with Crippen LogP contribution in [-0.4, -0.2) is 36.8 Å². The number of nitrogens with zero attached hydrogens (tertiary/aromatic N) is 4. The lowest BCUT2D eigenvalue weighted by Crippen LogP contribution is -2.31. The Bertz CT molecular complexity index is 906. The topological polar surface area (TPSA) is 114 Å². The first-order chi connectivity index (χ1) is 13.0. The molecule has 8 heteroatoms. The van der Waals surface area contributed by atoms with E-state index in [1.54, 1.807) is 13.3 Å². The number of nitrogens with two attached hydrogens (primary N) is 1. The number of para-hydroxylation sites is 1. The van der Waals surface area contributed by atoms with Crippen molar-refractivity contribution in [3.05, 3.63) is 36.2 Å². The second kappa shape index (κ2) is 8.22. The van der Waals surface area contributed by atoms with Crippen molar-refractivity contribution in [1.82, 2.24) is 19.5 Å². The normalized spacial score (nSPS) is 13.5. The van der Waals surface area contributed by atoms with Crippen molar-refractivity contribution in [1.29, 1.82) is 0 Å². The van der Waals surface area contributed by atoms with Crippen molar-refractivity contribution in [3.8, 4) is 0 Å². The predicted octanol–water partition coefficient (Wildman–Crippen LogP) is 2.61. The van der Waals surface area contributed by atoms with E-state index in [2.05, 4.69) is 25.6 Å². The van der Waals surface area contributed by atoms with Gasteiger partial charge in [-0.1, -0.05) is 25.1 Å². The highest BCUT2D eigenvalue weighted by molar-refractivity contribution is 5.84. The predicted molar refractivity (Wildman–Crippen MR) is 109 cm³/mol. The SMILES string of the molecule is CCC(Nc1nc(NCc2ccccc2N)c2ncn(CC)c2n1)C(C)O. The number of aryl methyl sites for hydroxylation is 1. The lowest BCUT2D eigenvalue weighted by Gasteiger charge is -2.20. The summed E-state index contributed by atoms with van der Waals surface area (Å²) in [4.78, 5) is 13.7. The molecular weight excluding hydrogens is 342 g/mol. The Morgan fingerprint density at radius 3 is 2.67 bits per heavy atom. The van der Waals surface area contributed by atoms with Gasteiger partial charge in [-0.25, -0.2) is 4.98 Å². The molecule has 2 atom stereocenters. The summed E-state index contributed by atoms with van der Waals surface area (Å²) in [6.07, 6.45) is 2.01. The molecule has 0 fully saturated rings. The van der Waals surface area contributed by atoms with Crippen LogP contribution in [0.4, 0.5) is 17.5 Å². The van der Waals surface area contributed by atoms with Crippen LogP contribution in [0.1, 0.15) is 32.8 Å². The van der Waals surface area contributed by atoms with Crippen LogP contribution in [0.15, 0.2) is 30.6 Å². The van der Waals surface area contributed by atoms with Gasteiger partial charge in [0.05, 0.1) is 18.5 Å². The molecule has 0 aliphatic heterocycles. The summed E-state index contributed by atoms with van der Waals surface area (Å²) in [5.41, 5.74) is 9.22. The van der Waals surface area contributed by atoms with Crippen molar-refractivity contribution in [2.45, 2.75) is 52.4 Å². The van der Waals surface area contributed by atoms with Crippen LogP contribution >= 0.6 is 0 Å². The van der Waals surface area contributed by atoms with E-state index < -0.39 is 6.10 Å². The number of aliphatic hydroxyl groups is 1. The number of anilines is 3. The largest absolute Gasteiger partial charge is 0.398 e. The van der Waals surface area contributed by atoms with Crippen LogP contribution in [0.5, 0.6) is 0 Å². The van der Waals surface area contributed by atoms with Crippen molar-refractivity contribution in [3.63, 3.8) is 0 Å². The molecule has 3 aromatic rings. The van der Waals surface area contributed by atoms with Gasteiger partial charge < -0.3 is 26.0 Å². The molecule has 0 aliphatic carbocycles. The van der Waals surface area contributed by atoms with Gasteiger partial charge in [0.2, 0.25) is 5.95 Å². The molecule has 0 aliphatic rings. The number of benzene rings is 1. The smallest absolute Gasteiger partial charge is 0.227 e. The standard InChI is InChI=1S/C19H27N7O/c1-4-15(12(3)27)23-19-24-17(16-18(25-19)26(5-2)11-22-16)21-10-13-8-6-7-9-14(13)20/h6-9,11-12,15,27H,4-5,10,20H2,1-3H3,(H2,21,23,24,25). The zero-order valence-electron chi connectivity index (χ0n) is 16.0. The number of hydrogen-bond acceptors (Lipinski definition) is 7. The van der Waals surface area contributed by atoms with Gasteiger partial charge in [-0.15, -0.1) is 0 Å². The van der Waals surface area contributed by atoms with Gasteiger partial charge in [0.25, 0.3) is 0 Å². The Labute approximate surface area is 158 Å². The van der Waals surface area contributed by atoms with Crippen molar-refractivity contribution in [2.75, 3.05) is 16.4 Å². The number of imidazole rings is 1. The summed E-state index contributed by atoms with van der Waals surface area (Å²) >= 11 is 0. The van der Waals surface area contributed by atoms with E-state index in [1.165, 1.54) is 0 Å². The van der Waals surface area contributed by atoms with Crippen LogP contribution < -0.4 is 16.4 Å². The summed E-state index contributed by atoms with van der Waals surface area (Å²) in [7, 11) is 0. The van der Waals surface area contributed by atoms with Crippen molar-refractivity contribution < 1.29 is 5.11 Å². The monoisotopic (exact) mass is 369 g/mol. The quantitative estimate of drug-likeness (QED) is 0.451. The van der Waals surface area contributed by atoms with Gasteiger partial charge >= 0.3 is 0 Å². The molecule has 2 unspecified atom stereocenters. The Hall–Kier alpha value is -2.87. The number of hydrogen-bond donors (Lipinski definition) is 4. The molecule has 0 saturated heterocycles. The van der Waals surface area contributed by atoms with Gasteiger partial charge in [-0.3, -0.25) is 0 Å². The Balaban J connectivity index is 1.94. The summed E-state index contributed by atoms with van der Waals surface area (Å²) in [6, 6.07) is 7.59. The highest BCUT2D eigenvalue weighted by Crippen LogP contribution is 2.23. The Kier molecular flexibility index (Phi) is 5.75. The van der Waals surface area contributed by atoms with Crippen LogP contribution in [0.25, 0.3) is 11.2 Å². The third-order valence-electron chi connectivity index (χ3n) is 4.64. The molecule has 1 aromatic carbocycles. The van der Waals surface area contributed by atoms with Crippen LogP contribution in [-0.2, 0) is 13.1 Å². The van der Waals surface area contributed by atoms with E-state index >= 15 is 0 Å². The Morgan fingerprint density at radius 1 is 1.22 bits per heavy atom. The van der Waals surface area contributed by atoms with Gasteiger partial charge in [0.1, 0.15) is 0 Å². The van der Waals surface area contributed by atoms with Gasteiger partial charge in [-0.2, -0.15) is 9.97 Å². The summed E-state index contributed by atoms with van der Waals surface area (Å²) in [5, 5.41) is 16.5. The first-order valence-corrected chi connectivity index (χ1v) is 9.28. The number of nitrogens with one attached hydrogen (secondary N) is 2. The fourth-order valence-electron chi connectivity index (χ4n) is 2.97. The minimum absolute atomic E-state index is 0.127. The molecule has 144 valence electrons. The maximum Gasteiger partial charge on any atom is 0.227 e. The molecular formula is C19H27N7O. The lowest BCUT2D eigenvalue weighted by atomic mass is 10.1. The van der Waals surface area contributed by atoms with Crippen molar-refractivity contribution >= 4 is 28.6 Å². The summed E-state index contributed by atoms with van der Waals surface area (Å²) < 4.78 is 1.97. The average molecular weight is 369 g/mol. The maximum absolute atomic E-state index is 9.93. The summed E-state index contributed by atoms with van der Waals surface area (Å²) in [5.74, 6) is 1.10. The highest BCUT2D eigenvalue weighted by Gasteiger charge is 2.17. The van der Waals surface area contributed by atoms with Crippen LogP contribution in [0.2, 0.25) is 0 Å². The molecule has 0 radical (unpaired) electrons. The Morgan fingerprint density at radius 2 is 2.00 bits per heavy atom. The van der Waals surface area contributed by atoms with E-state index in [4.69, 9.17) is 5.73 Å². The molecule has 8 nitrogen and oxygen atoms in total. The van der Waals surface area contributed by atoms with E-state index in [0.717, 1.165) is 29.9 Å². The van der Waals surface area contributed by atoms with Crippen molar-refractivity contribution in [2.24, 2.45) is 0 Å². The number of aliphatic hydroxyl groups excluding tert-OH is 1. The molecule has 2 heterocycles. The van der Waals surface area contributed by atoms with E-state index in [1.807, 2.05) is 42.7 Å². The van der Waals surface area contributed by atoms with E-state index in [-0.39, 0.29) is 6.04 Å². The van der Waals surface area contributed by atoms with E-state index in [0.29, 0.717) is 23.8 Å². The third-order valence-corrected chi connectivity index (χ3v) is 4.64. The molecule has 3 rings (SSSR count). The fourth-order valence-corrected chi connectivity index (χ4v) is 2.97. The molecule has 0 bridgehead atoms. The number of nitrogen functional groups attached to an aromatic ring is 1.